The predicted octanol–water partition coefficient (Wildman–Crippen LogP) is 2.39. The van der Waals surface area contributed by atoms with E-state index in [2.05, 4.69) is 53.8 Å². The molecule has 0 fully saturated rings. The molecular weight excluding hydrogens is 413 g/mol. The van der Waals surface area contributed by atoms with Crippen LogP contribution >= 0.6 is 38.5 Å². The Bertz CT molecular complexity index is 636. The Hall–Kier alpha value is -1.22. The fourth-order valence-electron chi connectivity index (χ4n) is 1.24. The fraction of sp³-hybridized carbons (Fsp3) is 0. The Morgan fingerprint density at radius 1 is 1.44 bits per heavy atom. The molecule has 0 aliphatic heterocycles. The van der Waals surface area contributed by atoms with Crippen molar-refractivity contribution in [3.63, 3.8) is 0 Å². The van der Waals surface area contributed by atoms with Gasteiger partial charge in [-0.15, -0.1) is 0 Å². The van der Waals surface area contributed by atoms with Crippen molar-refractivity contribution in [3.05, 3.63) is 54.7 Å². The number of benzene rings is 1. The normalized spacial score (nSPS) is 10.1. The summed E-state index contributed by atoms with van der Waals surface area (Å²) in [5.74, 6) is -0.381. The number of halogens is 2. The van der Waals surface area contributed by atoms with Gasteiger partial charge in [0.05, 0.1) is 11.9 Å². The molecule has 0 atom stereocenters. The first kappa shape index (κ1) is 13.2. The summed E-state index contributed by atoms with van der Waals surface area (Å²) in [5, 5.41) is 2.70. The number of hydrogen-bond acceptors (Lipinski definition) is 3. The zero-order chi connectivity index (χ0) is 13.1. The molecule has 0 saturated heterocycles. The van der Waals surface area contributed by atoms with E-state index < -0.39 is 0 Å². The van der Waals surface area contributed by atoms with Gasteiger partial charge in [-0.1, -0.05) is 0 Å². The van der Waals surface area contributed by atoms with Gasteiger partial charge in [-0.3, -0.25) is 9.59 Å². The number of carbonyl (C=O) groups is 1. The minimum Gasteiger partial charge on any atom is -0.325 e. The lowest BCUT2D eigenvalue weighted by atomic mass is 10.3. The van der Waals surface area contributed by atoms with Gasteiger partial charge < -0.3 is 10.3 Å². The molecule has 7 heteroatoms. The second-order valence-corrected chi connectivity index (χ2v) is 5.47. The largest absolute Gasteiger partial charge is 0.325 e. The second kappa shape index (κ2) is 5.61. The monoisotopic (exact) mass is 419 g/mol. The van der Waals surface area contributed by atoms with Gasteiger partial charge in [-0.2, -0.15) is 0 Å². The SMILES string of the molecule is O=C(Nc1ccc(I)cc1Br)c1c[nH]c(=O)cn1. The number of nitrogens with zero attached hydrogens (tertiary/aromatic N) is 1. The van der Waals surface area contributed by atoms with Gasteiger partial charge >= 0.3 is 0 Å². The van der Waals surface area contributed by atoms with E-state index in [4.69, 9.17) is 0 Å². The third-order valence-corrected chi connectivity index (χ3v) is 3.41. The van der Waals surface area contributed by atoms with Crippen molar-refractivity contribution in [2.45, 2.75) is 0 Å². The van der Waals surface area contributed by atoms with Crippen LogP contribution in [0.5, 0.6) is 0 Å². The smallest absolute Gasteiger partial charge is 0.275 e. The Kier molecular flexibility index (Phi) is 4.12. The Labute approximate surface area is 124 Å². The van der Waals surface area contributed by atoms with Crippen molar-refractivity contribution in [2.24, 2.45) is 0 Å². The standard InChI is InChI=1S/C11H7BrIN3O2/c12-7-3-6(13)1-2-8(7)16-11(18)9-4-15-10(17)5-14-9/h1-5H,(H,15,17)(H,16,18). The third-order valence-electron chi connectivity index (χ3n) is 2.08. The molecule has 2 N–H and O–H groups in total. The Morgan fingerprint density at radius 2 is 2.22 bits per heavy atom. The number of nitrogens with one attached hydrogen (secondary N) is 2. The van der Waals surface area contributed by atoms with Crippen molar-refractivity contribution >= 4 is 50.1 Å². The first-order chi connectivity index (χ1) is 8.56. The summed E-state index contributed by atoms with van der Waals surface area (Å²) >= 11 is 5.54. The highest BCUT2D eigenvalue weighted by Crippen LogP contribution is 2.24. The van der Waals surface area contributed by atoms with Crippen LogP contribution in [-0.2, 0) is 0 Å². The highest BCUT2D eigenvalue weighted by molar-refractivity contribution is 14.1. The lowest BCUT2D eigenvalue weighted by Crippen LogP contribution is -2.17. The van der Waals surface area contributed by atoms with E-state index in [0.717, 1.165) is 14.2 Å². The lowest BCUT2D eigenvalue weighted by Gasteiger charge is -2.06. The summed E-state index contributed by atoms with van der Waals surface area (Å²) in [6.07, 6.45) is 2.34. The van der Waals surface area contributed by atoms with Crippen LogP contribution in [0, 0.1) is 3.57 Å². The summed E-state index contributed by atoms with van der Waals surface area (Å²) in [5.41, 5.74) is 0.454. The maximum Gasteiger partial charge on any atom is 0.275 e. The third kappa shape index (κ3) is 3.16. The average molecular weight is 420 g/mol. The molecule has 0 saturated carbocycles. The van der Waals surface area contributed by atoms with Crippen LogP contribution in [0.3, 0.4) is 0 Å². The van der Waals surface area contributed by atoms with Crippen molar-refractivity contribution in [1.29, 1.82) is 0 Å². The summed E-state index contributed by atoms with van der Waals surface area (Å²) in [4.78, 5) is 28.8. The number of anilines is 1. The first-order valence-electron chi connectivity index (χ1n) is 4.87. The van der Waals surface area contributed by atoms with Crippen molar-refractivity contribution in [1.82, 2.24) is 9.97 Å². The van der Waals surface area contributed by atoms with E-state index in [-0.39, 0.29) is 17.2 Å². The Morgan fingerprint density at radius 3 is 2.83 bits per heavy atom. The van der Waals surface area contributed by atoms with Crippen molar-refractivity contribution in [2.75, 3.05) is 5.32 Å². The van der Waals surface area contributed by atoms with Crippen LogP contribution < -0.4 is 10.9 Å². The van der Waals surface area contributed by atoms with Crippen LogP contribution in [0.2, 0.25) is 0 Å². The van der Waals surface area contributed by atoms with Gasteiger partial charge in [-0.25, -0.2) is 4.98 Å². The van der Waals surface area contributed by atoms with Crippen LogP contribution in [0.1, 0.15) is 10.5 Å². The number of carbonyl (C=O) groups excluding carboxylic acids is 1. The van der Waals surface area contributed by atoms with E-state index in [1.807, 2.05) is 12.1 Å². The van der Waals surface area contributed by atoms with Crippen LogP contribution in [0.4, 0.5) is 5.69 Å². The summed E-state index contributed by atoms with van der Waals surface area (Å²) in [6.45, 7) is 0. The summed E-state index contributed by atoms with van der Waals surface area (Å²) in [6, 6.07) is 5.55. The second-order valence-electron chi connectivity index (χ2n) is 3.37. The number of amides is 1. The molecule has 5 nitrogen and oxygen atoms in total. The quantitative estimate of drug-likeness (QED) is 0.734. The van der Waals surface area contributed by atoms with Gasteiger partial charge in [-0.05, 0) is 56.7 Å². The van der Waals surface area contributed by atoms with E-state index in [1.54, 1.807) is 6.07 Å². The highest BCUT2D eigenvalue weighted by atomic mass is 127. The van der Waals surface area contributed by atoms with E-state index in [0.29, 0.717) is 5.69 Å². The number of aromatic nitrogens is 2. The fourth-order valence-corrected chi connectivity index (χ4v) is 2.64. The number of H-pyrrole nitrogens is 1. The summed E-state index contributed by atoms with van der Waals surface area (Å²) in [7, 11) is 0. The van der Waals surface area contributed by atoms with E-state index in [1.165, 1.54) is 6.20 Å². The highest BCUT2D eigenvalue weighted by Gasteiger charge is 2.09. The molecule has 0 bridgehead atoms. The topological polar surface area (TPSA) is 74.8 Å². The number of rotatable bonds is 2. The molecule has 18 heavy (non-hydrogen) atoms. The van der Waals surface area contributed by atoms with Crippen LogP contribution in [0.25, 0.3) is 0 Å². The zero-order valence-electron chi connectivity index (χ0n) is 8.91. The Balaban J connectivity index is 2.21. The van der Waals surface area contributed by atoms with Gasteiger partial charge in [0, 0.05) is 14.2 Å². The van der Waals surface area contributed by atoms with Gasteiger partial charge in [0.2, 0.25) is 0 Å². The maximum absolute atomic E-state index is 11.8. The minimum atomic E-state index is -0.381. The molecular formula is C11H7BrIN3O2. The van der Waals surface area contributed by atoms with Gasteiger partial charge in [0.15, 0.2) is 0 Å². The zero-order valence-corrected chi connectivity index (χ0v) is 12.6. The molecule has 0 spiro atoms. The van der Waals surface area contributed by atoms with E-state index >= 15 is 0 Å². The molecule has 0 radical (unpaired) electrons. The van der Waals surface area contributed by atoms with Crippen LogP contribution in [0.15, 0.2) is 39.9 Å². The molecule has 1 heterocycles. The van der Waals surface area contributed by atoms with Gasteiger partial charge in [0.25, 0.3) is 11.5 Å². The maximum atomic E-state index is 11.8. The molecule has 0 aliphatic carbocycles. The van der Waals surface area contributed by atoms with Crippen molar-refractivity contribution in [3.8, 4) is 0 Å². The molecule has 2 rings (SSSR count). The molecule has 1 amide bonds. The number of hydrogen-bond donors (Lipinski definition) is 2. The molecule has 1 aromatic heterocycles. The van der Waals surface area contributed by atoms with E-state index in [9.17, 15) is 9.59 Å². The average Bonchev–Trinajstić information content (AvgIpc) is 2.33. The molecule has 1 aromatic carbocycles. The predicted molar refractivity (Wildman–Crippen MR) is 79.7 cm³/mol. The minimum absolute atomic E-state index is 0.153. The molecule has 2 aromatic rings. The first-order valence-corrected chi connectivity index (χ1v) is 6.74. The summed E-state index contributed by atoms with van der Waals surface area (Å²) < 4.78 is 1.84. The van der Waals surface area contributed by atoms with Crippen molar-refractivity contribution < 1.29 is 4.79 Å². The number of aromatic amines is 1. The molecule has 0 unspecified atom stereocenters. The molecule has 92 valence electrons. The van der Waals surface area contributed by atoms with Crippen LogP contribution in [-0.4, -0.2) is 15.9 Å². The molecule has 0 aliphatic rings. The van der Waals surface area contributed by atoms with Gasteiger partial charge in [0.1, 0.15) is 5.69 Å². The lowest BCUT2D eigenvalue weighted by molar-refractivity contribution is 0.102.